The molecule has 0 aliphatic carbocycles. The third kappa shape index (κ3) is 8.79. The van der Waals surface area contributed by atoms with Crippen LogP contribution in [0.4, 0.5) is 16.0 Å². The molecule has 1 unspecified atom stereocenters. The minimum absolute atomic E-state index is 0.148. The molecule has 0 aromatic carbocycles. The lowest BCUT2D eigenvalue weighted by molar-refractivity contribution is -0.170. The largest absolute Gasteiger partial charge is 0.373 e. The summed E-state index contributed by atoms with van der Waals surface area (Å²) < 4.78 is 25.6. The fourth-order valence-electron chi connectivity index (χ4n) is 3.34. The molecule has 10 heteroatoms. The fraction of sp³-hybridized carbons (Fsp3) is 0.542. The number of piperidine rings is 1. The van der Waals surface area contributed by atoms with Gasteiger partial charge in [0.15, 0.2) is 11.6 Å². The number of carbonyl (C=O) groups is 1. The second-order valence-corrected chi connectivity index (χ2v) is 8.93. The molecule has 2 aliphatic heterocycles. The van der Waals surface area contributed by atoms with E-state index in [0.717, 1.165) is 0 Å². The van der Waals surface area contributed by atoms with Crippen LogP contribution in [0.5, 0.6) is 0 Å². The van der Waals surface area contributed by atoms with E-state index in [9.17, 15) is 4.39 Å². The van der Waals surface area contributed by atoms with E-state index in [-0.39, 0.29) is 17.5 Å². The number of hydrogen-bond donors (Lipinski definition) is 3. The number of rotatable bonds is 5. The van der Waals surface area contributed by atoms with Gasteiger partial charge in [-0.2, -0.15) is 0 Å². The van der Waals surface area contributed by atoms with E-state index in [1.54, 1.807) is 19.2 Å². The predicted molar refractivity (Wildman–Crippen MR) is 134 cm³/mol. The SMILES string of the molecule is C1CCNCC1.C=O.CNc1cc(-c2ccc(F)c(NCC3COC(C)(C)CO3)n2)c(Cl)cn1. The van der Waals surface area contributed by atoms with Crippen LogP contribution in [0.2, 0.25) is 5.02 Å². The summed E-state index contributed by atoms with van der Waals surface area (Å²) in [6.07, 6.45) is 5.59. The Morgan fingerprint density at radius 1 is 1.26 bits per heavy atom. The highest BCUT2D eigenvalue weighted by atomic mass is 35.5. The van der Waals surface area contributed by atoms with Gasteiger partial charge < -0.3 is 30.2 Å². The Morgan fingerprint density at radius 3 is 2.56 bits per heavy atom. The molecule has 3 N–H and O–H groups in total. The number of pyridine rings is 2. The van der Waals surface area contributed by atoms with Crippen LogP contribution in [0, 0.1) is 5.82 Å². The molecule has 1 atom stereocenters. The first-order valence-electron chi connectivity index (χ1n) is 11.4. The molecule has 2 aromatic rings. The summed E-state index contributed by atoms with van der Waals surface area (Å²) in [5.41, 5.74) is 0.941. The van der Waals surface area contributed by atoms with Gasteiger partial charge in [-0.25, -0.2) is 14.4 Å². The zero-order valence-corrected chi connectivity index (χ0v) is 20.9. The molecule has 2 saturated heterocycles. The molecule has 4 rings (SSSR count). The van der Waals surface area contributed by atoms with E-state index in [1.165, 1.54) is 44.6 Å². The minimum Gasteiger partial charge on any atom is -0.373 e. The standard InChI is InChI=1S/C18H22ClFN4O2.C5H11N.CH2O/c1-18(2)10-25-11(9-26-18)7-23-17-14(20)4-5-15(24-17)12-6-16(21-3)22-8-13(12)19;1-2-4-6-5-3-1;1-2/h4-6,8,11H,7,9-10H2,1-3H3,(H,21,22)(H,23,24);6H,1-5H2;1H2. The zero-order chi connectivity index (χ0) is 25.0. The van der Waals surface area contributed by atoms with Crippen LogP contribution in [0.1, 0.15) is 33.1 Å². The molecule has 34 heavy (non-hydrogen) atoms. The monoisotopic (exact) mass is 495 g/mol. The zero-order valence-electron chi connectivity index (χ0n) is 20.1. The minimum atomic E-state index is -0.440. The van der Waals surface area contributed by atoms with Gasteiger partial charge in [0, 0.05) is 25.4 Å². The number of halogens is 2. The quantitative estimate of drug-likeness (QED) is 0.569. The van der Waals surface area contributed by atoms with Crippen molar-refractivity contribution >= 4 is 30.0 Å². The molecule has 4 heterocycles. The number of hydrogen-bond acceptors (Lipinski definition) is 8. The van der Waals surface area contributed by atoms with Crippen LogP contribution in [0.25, 0.3) is 11.3 Å². The van der Waals surface area contributed by atoms with Crippen LogP contribution >= 0.6 is 11.6 Å². The average molecular weight is 496 g/mol. The van der Waals surface area contributed by atoms with Gasteiger partial charge >= 0.3 is 0 Å². The van der Waals surface area contributed by atoms with E-state index < -0.39 is 5.82 Å². The Hall–Kier alpha value is -2.33. The third-order valence-electron chi connectivity index (χ3n) is 5.26. The van der Waals surface area contributed by atoms with Gasteiger partial charge in [-0.3, -0.25) is 0 Å². The van der Waals surface area contributed by atoms with Crippen molar-refractivity contribution in [2.45, 2.75) is 44.8 Å². The van der Waals surface area contributed by atoms with E-state index in [4.69, 9.17) is 25.9 Å². The van der Waals surface area contributed by atoms with Crippen LogP contribution in [-0.2, 0) is 14.3 Å². The van der Waals surface area contributed by atoms with E-state index >= 15 is 0 Å². The second kappa shape index (κ2) is 14.2. The lowest BCUT2D eigenvalue weighted by Crippen LogP contribution is -2.44. The number of nitrogens with zero attached hydrogens (tertiary/aromatic N) is 2. The summed E-state index contributed by atoms with van der Waals surface area (Å²) in [5, 5.41) is 9.68. The highest BCUT2D eigenvalue weighted by Gasteiger charge is 2.28. The first-order valence-corrected chi connectivity index (χ1v) is 11.7. The second-order valence-electron chi connectivity index (χ2n) is 8.52. The smallest absolute Gasteiger partial charge is 0.165 e. The topological polar surface area (TPSA) is 97.4 Å². The van der Waals surface area contributed by atoms with Crippen LogP contribution in [0.3, 0.4) is 0 Å². The van der Waals surface area contributed by atoms with Crippen molar-refractivity contribution < 1.29 is 18.7 Å². The van der Waals surface area contributed by atoms with Crippen molar-refractivity contribution in [1.82, 2.24) is 15.3 Å². The maximum Gasteiger partial charge on any atom is 0.165 e. The lowest BCUT2D eigenvalue weighted by atomic mass is 10.1. The first kappa shape index (κ1) is 27.9. The summed E-state index contributed by atoms with van der Waals surface area (Å²) in [6, 6.07) is 4.72. The summed E-state index contributed by atoms with van der Waals surface area (Å²) in [4.78, 5) is 16.5. The molecular weight excluding hydrogens is 461 g/mol. The van der Waals surface area contributed by atoms with E-state index in [2.05, 4.69) is 25.9 Å². The number of anilines is 2. The van der Waals surface area contributed by atoms with Gasteiger partial charge in [-0.1, -0.05) is 18.0 Å². The van der Waals surface area contributed by atoms with Gasteiger partial charge in [0.25, 0.3) is 0 Å². The van der Waals surface area contributed by atoms with Crippen molar-refractivity contribution in [2.75, 3.05) is 50.5 Å². The fourth-order valence-corrected chi connectivity index (χ4v) is 3.54. The lowest BCUT2D eigenvalue weighted by Gasteiger charge is -2.35. The van der Waals surface area contributed by atoms with Crippen LogP contribution < -0.4 is 16.0 Å². The molecule has 0 amide bonds. The molecule has 2 fully saturated rings. The molecule has 0 saturated carbocycles. The van der Waals surface area contributed by atoms with Crippen molar-refractivity contribution in [3.05, 3.63) is 35.2 Å². The highest BCUT2D eigenvalue weighted by Crippen LogP contribution is 2.29. The third-order valence-corrected chi connectivity index (χ3v) is 5.57. The maximum absolute atomic E-state index is 14.2. The summed E-state index contributed by atoms with van der Waals surface area (Å²) in [6.45, 7) is 9.78. The Labute approximate surface area is 206 Å². The Morgan fingerprint density at radius 2 is 2.00 bits per heavy atom. The van der Waals surface area contributed by atoms with Gasteiger partial charge in [0.1, 0.15) is 12.6 Å². The van der Waals surface area contributed by atoms with Crippen molar-refractivity contribution in [1.29, 1.82) is 0 Å². The Balaban J connectivity index is 0.000000437. The molecule has 0 bridgehead atoms. The molecule has 188 valence electrons. The normalized spacial score (nSPS) is 19.0. The van der Waals surface area contributed by atoms with Crippen molar-refractivity contribution in [3.63, 3.8) is 0 Å². The number of carbonyl (C=O) groups excluding carboxylic acids is 1. The predicted octanol–water partition coefficient (Wildman–Crippen LogP) is 4.16. The highest BCUT2D eigenvalue weighted by molar-refractivity contribution is 6.33. The molecule has 0 spiro atoms. The number of ether oxygens (including phenoxy) is 2. The van der Waals surface area contributed by atoms with Gasteiger partial charge in [-0.15, -0.1) is 0 Å². The van der Waals surface area contributed by atoms with Gasteiger partial charge in [0.2, 0.25) is 0 Å². The van der Waals surface area contributed by atoms with Crippen LogP contribution in [0.15, 0.2) is 24.4 Å². The van der Waals surface area contributed by atoms with Gasteiger partial charge in [0.05, 0.1) is 35.6 Å². The van der Waals surface area contributed by atoms with Crippen molar-refractivity contribution in [3.8, 4) is 11.3 Å². The average Bonchev–Trinajstić information content (AvgIpc) is 2.87. The molecular formula is C24H35ClFN5O3. The number of nitrogens with one attached hydrogen (secondary N) is 3. The summed E-state index contributed by atoms with van der Waals surface area (Å²) in [7, 11) is 1.76. The van der Waals surface area contributed by atoms with Crippen LogP contribution in [-0.4, -0.2) is 68.4 Å². The first-order chi connectivity index (χ1) is 16.4. The maximum atomic E-state index is 14.2. The summed E-state index contributed by atoms with van der Waals surface area (Å²) >= 11 is 6.22. The van der Waals surface area contributed by atoms with E-state index in [0.29, 0.717) is 41.9 Å². The number of aromatic nitrogens is 2. The molecule has 8 nitrogen and oxygen atoms in total. The molecule has 0 radical (unpaired) electrons. The summed E-state index contributed by atoms with van der Waals surface area (Å²) in [5.74, 6) is 0.361. The molecule has 2 aromatic heterocycles. The van der Waals surface area contributed by atoms with E-state index in [1.807, 2.05) is 20.6 Å². The Kier molecular flexibility index (Phi) is 11.6. The molecule has 2 aliphatic rings. The van der Waals surface area contributed by atoms with Crippen molar-refractivity contribution in [2.24, 2.45) is 0 Å². The Bertz CT molecular complexity index is 877. The van der Waals surface area contributed by atoms with Gasteiger partial charge in [-0.05, 0) is 58.0 Å².